The molecule has 4 bridgehead atoms. The number of anilines is 1. The third kappa shape index (κ3) is 1.85. The summed E-state index contributed by atoms with van der Waals surface area (Å²) in [5, 5.41) is 0. The standard InChI is InChI=1S/C17H23N3/c1-2-3-20-10-19-16(17(20)18)9-15-13-5-11-4-12(7-13)8-14(15)6-11/h1,10-15H,3-9,18H2. The van der Waals surface area contributed by atoms with Gasteiger partial charge in [-0.25, -0.2) is 4.98 Å². The van der Waals surface area contributed by atoms with Crippen molar-refractivity contribution in [1.29, 1.82) is 0 Å². The monoisotopic (exact) mass is 269 g/mol. The van der Waals surface area contributed by atoms with Crippen molar-refractivity contribution in [2.75, 3.05) is 5.73 Å². The van der Waals surface area contributed by atoms with Gasteiger partial charge in [0.25, 0.3) is 0 Å². The molecule has 0 aliphatic heterocycles. The Morgan fingerprint density at radius 3 is 2.45 bits per heavy atom. The summed E-state index contributed by atoms with van der Waals surface area (Å²) >= 11 is 0. The largest absolute Gasteiger partial charge is 0.384 e. The number of hydrogen-bond acceptors (Lipinski definition) is 2. The van der Waals surface area contributed by atoms with Crippen LogP contribution in [-0.4, -0.2) is 9.55 Å². The summed E-state index contributed by atoms with van der Waals surface area (Å²) in [4.78, 5) is 4.53. The molecular weight excluding hydrogens is 246 g/mol. The Bertz CT molecular complexity index is 523. The van der Waals surface area contributed by atoms with E-state index < -0.39 is 0 Å². The molecule has 0 spiro atoms. The van der Waals surface area contributed by atoms with Gasteiger partial charge in [-0.3, -0.25) is 0 Å². The van der Waals surface area contributed by atoms with E-state index in [-0.39, 0.29) is 0 Å². The number of nitrogen functional groups attached to an aromatic ring is 1. The topological polar surface area (TPSA) is 43.8 Å². The Kier molecular flexibility index (Phi) is 2.80. The molecule has 4 saturated carbocycles. The molecule has 5 rings (SSSR count). The van der Waals surface area contributed by atoms with Gasteiger partial charge < -0.3 is 10.3 Å². The van der Waals surface area contributed by atoms with Gasteiger partial charge in [0, 0.05) is 0 Å². The fourth-order valence-corrected chi connectivity index (χ4v) is 5.41. The quantitative estimate of drug-likeness (QED) is 0.857. The van der Waals surface area contributed by atoms with Crippen molar-refractivity contribution < 1.29 is 0 Å². The van der Waals surface area contributed by atoms with Crippen molar-refractivity contribution in [3.63, 3.8) is 0 Å². The maximum atomic E-state index is 6.20. The lowest BCUT2D eigenvalue weighted by Crippen LogP contribution is -2.45. The zero-order valence-corrected chi connectivity index (χ0v) is 12.0. The Morgan fingerprint density at radius 2 is 1.85 bits per heavy atom. The first-order valence-electron chi connectivity index (χ1n) is 7.97. The van der Waals surface area contributed by atoms with Crippen LogP contribution in [0.4, 0.5) is 5.82 Å². The van der Waals surface area contributed by atoms with Crippen LogP contribution < -0.4 is 5.73 Å². The molecule has 1 aromatic heterocycles. The SMILES string of the molecule is C#CCn1cnc(CC2C3CC4CC(C3)CC2C4)c1N. The van der Waals surface area contributed by atoms with Crippen molar-refractivity contribution >= 4 is 5.82 Å². The number of hydrogen-bond donors (Lipinski definition) is 1. The van der Waals surface area contributed by atoms with E-state index in [0.717, 1.165) is 47.5 Å². The molecule has 0 radical (unpaired) electrons. The maximum Gasteiger partial charge on any atom is 0.127 e. The van der Waals surface area contributed by atoms with Gasteiger partial charge >= 0.3 is 0 Å². The number of nitrogens with zero attached hydrogens (tertiary/aromatic N) is 2. The van der Waals surface area contributed by atoms with Crippen molar-refractivity contribution in [2.45, 2.75) is 45.1 Å². The first-order chi connectivity index (χ1) is 9.74. The maximum absolute atomic E-state index is 6.20. The molecule has 0 amide bonds. The van der Waals surface area contributed by atoms with Crippen LogP contribution in [0.25, 0.3) is 0 Å². The van der Waals surface area contributed by atoms with Crippen molar-refractivity contribution in [1.82, 2.24) is 9.55 Å². The Balaban J connectivity index is 1.53. The van der Waals surface area contributed by atoms with Gasteiger partial charge in [0.05, 0.1) is 18.6 Å². The number of nitrogens with two attached hydrogens (primary N) is 1. The highest BCUT2D eigenvalue weighted by Gasteiger charge is 2.48. The van der Waals surface area contributed by atoms with Gasteiger partial charge in [0.2, 0.25) is 0 Å². The number of rotatable bonds is 3. The van der Waals surface area contributed by atoms with Crippen LogP contribution in [0.1, 0.15) is 37.8 Å². The highest BCUT2D eigenvalue weighted by Crippen LogP contribution is 2.57. The van der Waals surface area contributed by atoms with Gasteiger partial charge in [-0.05, 0) is 68.1 Å². The predicted molar refractivity (Wildman–Crippen MR) is 79.7 cm³/mol. The first-order valence-corrected chi connectivity index (χ1v) is 7.97. The summed E-state index contributed by atoms with van der Waals surface area (Å²) in [6.07, 6.45) is 15.6. The van der Waals surface area contributed by atoms with Crippen molar-refractivity contribution in [3.05, 3.63) is 12.0 Å². The Hall–Kier alpha value is -1.43. The molecule has 0 unspecified atom stereocenters. The first kappa shape index (κ1) is 12.3. The Labute approximate surface area is 121 Å². The molecule has 3 heteroatoms. The second kappa shape index (κ2) is 4.55. The molecular formula is C17H23N3. The number of aromatic nitrogens is 2. The molecule has 20 heavy (non-hydrogen) atoms. The molecule has 4 aliphatic carbocycles. The lowest BCUT2D eigenvalue weighted by atomic mass is 9.51. The summed E-state index contributed by atoms with van der Waals surface area (Å²) in [5.41, 5.74) is 7.28. The third-order valence-corrected chi connectivity index (χ3v) is 6.07. The molecule has 0 saturated heterocycles. The van der Waals surface area contributed by atoms with Gasteiger partial charge in [-0.2, -0.15) is 0 Å². The third-order valence-electron chi connectivity index (χ3n) is 6.07. The predicted octanol–water partition coefficient (Wildman–Crippen LogP) is 2.71. The molecule has 0 aromatic carbocycles. The van der Waals surface area contributed by atoms with E-state index in [0.29, 0.717) is 6.54 Å². The molecule has 4 fully saturated rings. The van der Waals surface area contributed by atoms with Gasteiger partial charge in [0.1, 0.15) is 5.82 Å². The van der Waals surface area contributed by atoms with E-state index in [1.807, 2.05) is 4.57 Å². The van der Waals surface area contributed by atoms with Crippen LogP contribution in [0.2, 0.25) is 0 Å². The number of imidazole rings is 1. The van der Waals surface area contributed by atoms with Gasteiger partial charge in [-0.1, -0.05) is 5.92 Å². The van der Waals surface area contributed by atoms with Gasteiger partial charge in [-0.15, -0.1) is 6.42 Å². The van der Waals surface area contributed by atoms with Crippen LogP contribution in [0.15, 0.2) is 6.33 Å². The minimum Gasteiger partial charge on any atom is -0.384 e. The zero-order chi connectivity index (χ0) is 13.7. The fourth-order valence-electron chi connectivity index (χ4n) is 5.41. The van der Waals surface area contributed by atoms with E-state index in [4.69, 9.17) is 12.2 Å². The summed E-state index contributed by atoms with van der Waals surface area (Å²) in [7, 11) is 0. The van der Waals surface area contributed by atoms with E-state index in [9.17, 15) is 0 Å². The molecule has 1 heterocycles. The summed E-state index contributed by atoms with van der Waals surface area (Å²) in [6.45, 7) is 0.528. The van der Waals surface area contributed by atoms with Gasteiger partial charge in [0.15, 0.2) is 0 Å². The van der Waals surface area contributed by atoms with E-state index in [1.165, 1.54) is 32.1 Å². The molecule has 3 nitrogen and oxygen atoms in total. The normalized spacial score (nSPS) is 38.0. The second-order valence-electron chi connectivity index (χ2n) is 7.21. The van der Waals surface area contributed by atoms with Crippen LogP contribution in [0.3, 0.4) is 0 Å². The lowest BCUT2D eigenvalue weighted by molar-refractivity contribution is -0.0362. The van der Waals surface area contributed by atoms with E-state index in [2.05, 4.69) is 10.9 Å². The minimum atomic E-state index is 0.528. The molecule has 2 N–H and O–H groups in total. The number of terminal acetylenes is 1. The van der Waals surface area contributed by atoms with Crippen LogP contribution in [0, 0.1) is 41.9 Å². The lowest BCUT2D eigenvalue weighted by Gasteiger charge is -2.54. The van der Waals surface area contributed by atoms with E-state index in [1.54, 1.807) is 6.33 Å². The minimum absolute atomic E-state index is 0.528. The van der Waals surface area contributed by atoms with Crippen LogP contribution in [-0.2, 0) is 13.0 Å². The smallest absolute Gasteiger partial charge is 0.127 e. The summed E-state index contributed by atoms with van der Waals surface area (Å²) in [5.74, 6) is 8.18. The summed E-state index contributed by atoms with van der Waals surface area (Å²) in [6, 6.07) is 0. The average Bonchev–Trinajstić information content (AvgIpc) is 2.75. The second-order valence-corrected chi connectivity index (χ2v) is 7.21. The average molecular weight is 269 g/mol. The fraction of sp³-hybridized carbons (Fsp3) is 0.706. The molecule has 4 aliphatic rings. The zero-order valence-electron chi connectivity index (χ0n) is 12.0. The highest BCUT2D eigenvalue weighted by molar-refractivity contribution is 5.37. The van der Waals surface area contributed by atoms with E-state index >= 15 is 0 Å². The van der Waals surface area contributed by atoms with Crippen LogP contribution >= 0.6 is 0 Å². The molecule has 1 aromatic rings. The van der Waals surface area contributed by atoms with Crippen LogP contribution in [0.5, 0.6) is 0 Å². The summed E-state index contributed by atoms with van der Waals surface area (Å²) < 4.78 is 1.89. The highest BCUT2D eigenvalue weighted by atomic mass is 15.1. The van der Waals surface area contributed by atoms with Crippen molar-refractivity contribution in [2.24, 2.45) is 29.6 Å². The van der Waals surface area contributed by atoms with Crippen molar-refractivity contribution in [3.8, 4) is 12.3 Å². The Morgan fingerprint density at radius 1 is 1.20 bits per heavy atom. The molecule has 0 atom stereocenters. The molecule has 106 valence electrons.